The Morgan fingerprint density at radius 1 is 1.28 bits per heavy atom. The predicted octanol–water partition coefficient (Wildman–Crippen LogP) is 5.34. The molecule has 2 heterocycles. The van der Waals surface area contributed by atoms with Gasteiger partial charge in [0.25, 0.3) is 0 Å². The van der Waals surface area contributed by atoms with Crippen molar-refractivity contribution in [1.82, 2.24) is 15.2 Å². The third-order valence-electron chi connectivity index (χ3n) is 7.71. The van der Waals surface area contributed by atoms with Gasteiger partial charge in [0.1, 0.15) is 0 Å². The SMILES string of the molecule is CCNC(=O)C(C)(C)CCN1CC[C@@H]2Cc3[nH]c4ccc(C(F)(F)F)cc4c3[C@H](C)[C@H]2C1. The molecule has 1 aromatic heterocycles. The maximum Gasteiger partial charge on any atom is 0.416 e. The lowest BCUT2D eigenvalue weighted by molar-refractivity contribution is -0.137. The molecule has 1 aliphatic heterocycles. The minimum Gasteiger partial charge on any atom is -0.358 e. The first-order valence-electron chi connectivity index (χ1n) is 11.7. The van der Waals surface area contributed by atoms with E-state index >= 15 is 0 Å². The zero-order chi connectivity index (χ0) is 23.3. The lowest BCUT2D eigenvalue weighted by Crippen LogP contribution is -2.47. The average molecular weight is 450 g/mol. The molecular weight excluding hydrogens is 415 g/mol. The van der Waals surface area contributed by atoms with Crippen molar-refractivity contribution in [3.8, 4) is 0 Å². The van der Waals surface area contributed by atoms with Crippen LogP contribution in [0.5, 0.6) is 0 Å². The molecule has 4 nitrogen and oxygen atoms in total. The van der Waals surface area contributed by atoms with Gasteiger partial charge in [-0.25, -0.2) is 0 Å². The van der Waals surface area contributed by atoms with Gasteiger partial charge in [0.2, 0.25) is 5.91 Å². The van der Waals surface area contributed by atoms with Gasteiger partial charge in [-0.05, 0) is 80.8 Å². The summed E-state index contributed by atoms with van der Waals surface area (Å²) in [4.78, 5) is 18.2. The molecule has 32 heavy (non-hydrogen) atoms. The molecule has 1 aromatic carbocycles. The lowest BCUT2D eigenvalue weighted by Gasteiger charge is -2.45. The van der Waals surface area contributed by atoms with Crippen LogP contribution in [0.15, 0.2) is 18.2 Å². The molecular formula is C25H34F3N3O. The zero-order valence-electron chi connectivity index (χ0n) is 19.4. The third kappa shape index (κ3) is 4.28. The zero-order valence-corrected chi connectivity index (χ0v) is 19.4. The monoisotopic (exact) mass is 449 g/mol. The third-order valence-corrected chi connectivity index (χ3v) is 7.71. The predicted molar refractivity (Wildman–Crippen MR) is 121 cm³/mol. The Morgan fingerprint density at radius 3 is 2.72 bits per heavy atom. The normalized spacial score (nSPS) is 24.3. The second kappa shape index (κ2) is 8.40. The first-order chi connectivity index (χ1) is 15.0. The number of alkyl halides is 3. The molecule has 0 unspecified atom stereocenters. The number of nitrogens with one attached hydrogen (secondary N) is 2. The van der Waals surface area contributed by atoms with E-state index in [1.807, 2.05) is 20.8 Å². The standard InChI is InChI=1S/C25H34F3N3O/c1-5-29-23(32)24(3,4)9-11-31-10-8-16-12-21-22(15(2)19(16)14-31)18-13-17(25(26,27)28)6-7-20(18)30-21/h6-7,13,15-16,19,30H,5,8-12,14H2,1-4H3,(H,29,32)/t15-,16-,19-/m1/s1. The average Bonchev–Trinajstić information content (AvgIpc) is 3.10. The summed E-state index contributed by atoms with van der Waals surface area (Å²) in [5.74, 6) is 1.24. The number of fused-ring (bicyclic) bond motifs is 4. The number of piperidine rings is 1. The molecule has 176 valence electrons. The Labute approximate surface area is 187 Å². The maximum atomic E-state index is 13.3. The van der Waals surface area contributed by atoms with Gasteiger partial charge in [-0.1, -0.05) is 20.8 Å². The van der Waals surface area contributed by atoms with Crippen molar-refractivity contribution >= 4 is 16.8 Å². The highest BCUT2D eigenvalue weighted by atomic mass is 19.4. The quantitative estimate of drug-likeness (QED) is 0.648. The number of aromatic nitrogens is 1. The van der Waals surface area contributed by atoms with Gasteiger partial charge in [-0.15, -0.1) is 0 Å². The molecule has 1 saturated heterocycles. The van der Waals surface area contributed by atoms with Crippen molar-refractivity contribution in [2.24, 2.45) is 17.3 Å². The summed E-state index contributed by atoms with van der Waals surface area (Å²) in [5.41, 5.74) is 1.98. The van der Waals surface area contributed by atoms with Gasteiger partial charge < -0.3 is 15.2 Å². The van der Waals surface area contributed by atoms with Gasteiger partial charge in [-0.2, -0.15) is 13.2 Å². The summed E-state index contributed by atoms with van der Waals surface area (Å²) < 4.78 is 39.9. The summed E-state index contributed by atoms with van der Waals surface area (Å²) in [7, 11) is 0. The van der Waals surface area contributed by atoms with Gasteiger partial charge >= 0.3 is 6.18 Å². The molecule has 0 radical (unpaired) electrons. The van der Waals surface area contributed by atoms with E-state index in [1.54, 1.807) is 6.07 Å². The van der Waals surface area contributed by atoms with Crippen molar-refractivity contribution in [3.63, 3.8) is 0 Å². The van der Waals surface area contributed by atoms with Gasteiger partial charge in [-0.3, -0.25) is 4.79 Å². The highest BCUT2D eigenvalue weighted by Crippen LogP contribution is 2.47. The molecule has 0 spiro atoms. The highest BCUT2D eigenvalue weighted by molar-refractivity contribution is 5.86. The van der Waals surface area contributed by atoms with Crippen LogP contribution in [0.25, 0.3) is 10.9 Å². The molecule has 1 fully saturated rings. The van der Waals surface area contributed by atoms with Crippen LogP contribution in [0, 0.1) is 17.3 Å². The van der Waals surface area contributed by atoms with Crippen molar-refractivity contribution < 1.29 is 18.0 Å². The van der Waals surface area contributed by atoms with Crippen molar-refractivity contribution in [2.75, 3.05) is 26.2 Å². The van der Waals surface area contributed by atoms with Gasteiger partial charge in [0.15, 0.2) is 0 Å². The largest absolute Gasteiger partial charge is 0.416 e. The fourth-order valence-electron chi connectivity index (χ4n) is 5.68. The number of hydrogen-bond acceptors (Lipinski definition) is 2. The molecule has 0 saturated carbocycles. The Hall–Kier alpha value is -2.02. The minimum atomic E-state index is -4.34. The minimum absolute atomic E-state index is 0.0878. The van der Waals surface area contributed by atoms with Crippen LogP contribution in [0.3, 0.4) is 0 Å². The number of rotatable bonds is 5. The summed E-state index contributed by atoms with van der Waals surface area (Å²) >= 11 is 0. The number of benzene rings is 1. The van der Waals surface area contributed by atoms with E-state index in [4.69, 9.17) is 0 Å². The van der Waals surface area contributed by atoms with Crippen LogP contribution in [-0.4, -0.2) is 42.0 Å². The van der Waals surface area contributed by atoms with E-state index < -0.39 is 17.2 Å². The molecule has 4 rings (SSSR count). The molecule has 2 aromatic rings. The Morgan fingerprint density at radius 2 is 2.03 bits per heavy atom. The number of carbonyl (C=O) groups is 1. The van der Waals surface area contributed by atoms with Crippen LogP contribution in [-0.2, 0) is 17.4 Å². The first-order valence-corrected chi connectivity index (χ1v) is 11.7. The fourth-order valence-corrected chi connectivity index (χ4v) is 5.68. The van der Waals surface area contributed by atoms with E-state index in [2.05, 4.69) is 22.1 Å². The molecule has 2 aliphatic rings. The van der Waals surface area contributed by atoms with Gasteiger partial charge in [0, 0.05) is 35.1 Å². The summed E-state index contributed by atoms with van der Waals surface area (Å²) in [6.45, 7) is 11.5. The molecule has 0 bridgehead atoms. The number of amides is 1. The van der Waals surface area contributed by atoms with Crippen molar-refractivity contribution in [1.29, 1.82) is 0 Å². The van der Waals surface area contributed by atoms with Crippen molar-refractivity contribution in [3.05, 3.63) is 35.0 Å². The van der Waals surface area contributed by atoms with Gasteiger partial charge in [0.05, 0.1) is 5.56 Å². The topological polar surface area (TPSA) is 48.1 Å². The van der Waals surface area contributed by atoms with Crippen LogP contribution >= 0.6 is 0 Å². The van der Waals surface area contributed by atoms with Crippen LogP contribution < -0.4 is 5.32 Å². The second-order valence-corrected chi connectivity index (χ2v) is 10.3. The van der Waals surface area contributed by atoms with E-state index in [0.29, 0.717) is 18.4 Å². The van der Waals surface area contributed by atoms with Crippen LogP contribution in [0.1, 0.15) is 63.3 Å². The number of halogens is 3. The Bertz CT molecular complexity index is 994. The summed E-state index contributed by atoms with van der Waals surface area (Å²) in [6, 6.07) is 4.06. The van der Waals surface area contributed by atoms with E-state index in [1.165, 1.54) is 12.1 Å². The Balaban J connectivity index is 1.52. The number of H-pyrrole nitrogens is 1. The number of likely N-dealkylation sites (tertiary alicyclic amines) is 1. The van der Waals surface area contributed by atoms with Crippen LogP contribution in [0.4, 0.5) is 13.2 Å². The number of hydrogen-bond donors (Lipinski definition) is 2. The fraction of sp³-hybridized carbons (Fsp3) is 0.640. The Kier molecular flexibility index (Phi) is 6.07. The van der Waals surface area contributed by atoms with E-state index in [0.717, 1.165) is 61.1 Å². The first kappa shape index (κ1) is 23.1. The molecule has 7 heteroatoms. The highest BCUT2D eigenvalue weighted by Gasteiger charge is 2.41. The van der Waals surface area contributed by atoms with E-state index in [9.17, 15) is 18.0 Å². The van der Waals surface area contributed by atoms with E-state index in [-0.39, 0.29) is 11.8 Å². The number of nitrogens with zero attached hydrogens (tertiary/aromatic N) is 1. The van der Waals surface area contributed by atoms with Crippen molar-refractivity contribution in [2.45, 2.75) is 59.1 Å². The number of aromatic amines is 1. The number of carbonyl (C=O) groups excluding carboxylic acids is 1. The summed E-state index contributed by atoms with van der Waals surface area (Å²) in [6.07, 6.45) is -1.56. The smallest absolute Gasteiger partial charge is 0.358 e. The second-order valence-electron chi connectivity index (χ2n) is 10.3. The van der Waals surface area contributed by atoms with Crippen LogP contribution in [0.2, 0.25) is 0 Å². The molecule has 1 amide bonds. The summed E-state index contributed by atoms with van der Waals surface area (Å²) in [5, 5.41) is 3.64. The maximum absolute atomic E-state index is 13.3. The molecule has 1 aliphatic carbocycles. The molecule has 3 atom stereocenters. The molecule has 2 N–H and O–H groups in total. The lowest BCUT2D eigenvalue weighted by atomic mass is 9.68.